The van der Waals surface area contributed by atoms with Gasteiger partial charge in [-0.05, 0) is 81.6 Å². The minimum Gasteiger partial charge on any atom is -0.302 e. The number of ketones is 1. The van der Waals surface area contributed by atoms with Gasteiger partial charge in [0.25, 0.3) is 0 Å². The first-order valence-electron chi connectivity index (χ1n) is 10.3. The van der Waals surface area contributed by atoms with Crippen molar-refractivity contribution in [1.29, 1.82) is 0 Å². The fourth-order valence-corrected chi connectivity index (χ4v) is 8.13. The van der Waals surface area contributed by atoms with Crippen LogP contribution in [0.2, 0.25) is 0 Å². The summed E-state index contributed by atoms with van der Waals surface area (Å²) < 4.78 is 2.15. The summed E-state index contributed by atoms with van der Waals surface area (Å²) in [6, 6.07) is 4.12. The van der Waals surface area contributed by atoms with Crippen LogP contribution in [-0.4, -0.2) is 25.8 Å². The Morgan fingerprint density at radius 3 is 2.48 bits per heavy atom. The molecule has 6 rings (SSSR count). The molecular formula is C21H27N3OS2. The van der Waals surface area contributed by atoms with Crippen LogP contribution in [0.5, 0.6) is 0 Å². The highest BCUT2D eigenvalue weighted by molar-refractivity contribution is 8.00. The van der Waals surface area contributed by atoms with E-state index < -0.39 is 0 Å². The number of hydrogen-bond acceptors (Lipinski definition) is 5. The third kappa shape index (κ3) is 3.00. The summed E-state index contributed by atoms with van der Waals surface area (Å²) in [6.07, 6.45) is 7.56. The second-order valence-electron chi connectivity index (χ2n) is 8.85. The molecule has 0 aliphatic heterocycles. The van der Waals surface area contributed by atoms with Gasteiger partial charge in [-0.2, -0.15) is 0 Å². The molecule has 0 saturated heterocycles. The van der Waals surface area contributed by atoms with Crippen LogP contribution >= 0.6 is 23.1 Å². The molecule has 4 fully saturated rings. The number of aromatic nitrogens is 3. The average Bonchev–Trinajstić information content (AvgIpc) is 3.29. The van der Waals surface area contributed by atoms with Gasteiger partial charge in [-0.25, -0.2) is 0 Å². The van der Waals surface area contributed by atoms with Gasteiger partial charge in [0.2, 0.25) is 0 Å². The van der Waals surface area contributed by atoms with Crippen molar-refractivity contribution in [2.45, 2.75) is 69.3 Å². The number of hydrogen-bond donors (Lipinski definition) is 0. The minimum atomic E-state index is -0.0491. The summed E-state index contributed by atoms with van der Waals surface area (Å²) in [5.41, 5.74) is -0.0329. The summed E-state index contributed by atoms with van der Waals surface area (Å²) in [5, 5.41) is 11.8. The Bertz CT molecular complexity index is 806. The molecule has 0 spiro atoms. The van der Waals surface area contributed by atoms with Gasteiger partial charge < -0.3 is 4.57 Å². The largest absolute Gasteiger partial charge is 0.302 e. The lowest BCUT2D eigenvalue weighted by Gasteiger charge is -2.56. The second-order valence-corrected chi connectivity index (χ2v) is 11.1. The molecule has 1 atom stereocenters. The first-order chi connectivity index (χ1) is 13.1. The highest BCUT2D eigenvalue weighted by atomic mass is 32.2. The van der Waals surface area contributed by atoms with Crippen LogP contribution in [-0.2, 0) is 11.3 Å². The minimum absolute atomic E-state index is 0.0329. The van der Waals surface area contributed by atoms with Crippen LogP contribution in [0, 0.1) is 23.2 Å². The zero-order valence-corrected chi connectivity index (χ0v) is 17.7. The van der Waals surface area contributed by atoms with Crippen LogP contribution in [0.4, 0.5) is 0 Å². The monoisotopic (exact) mass is 401 g/mol. The van der Waals surface area contributed by atoms with E-state index >= 15 is 0 Å². The van der Waals surface area contributed by atoms with Crippen LogP contribution in [0.3, 0.4) is 0 Å². The summed E-state index contributed by atoms with van der Waals surface area (Å²) in [5.74, 6) is 3.82. The maximum absolute atomic E-state index is 13.6. The molecular weight excluding hydrogens is 374 g/mol. The topological polar surface area (TPSA) is 47.8 Å². The Balaban J connectivity index is 1.36. The molecule has 2 heterocycles. The lowest BCUT2D eigenvalue weighted by Crippen LogP contribution is -2.51. The van der Waals surface area contributed by atoms with E-state index in [4.69, 9.17) is 0 Å². The quantitative estimate of drug-likeness (QED) is 0.617. The number of thioether (sulfide) groups is 1. The molecule has 0 aromatic carbocycles. The molecule has 0 N–H and O–H groups in total. The molecule has 6 heteroatoms. The Morgan fingerprint density at radius 2 is 1.93 bits per heavy atom. The zero-order valence-electron chi connectivity index (χ0n) is 16.1. The lowest BCUT2D eigenvalue weighted by molar-refractivity contribution is -0.142. The van der Waals surface area contributed by atoms with Gasteiger partial charge in [0, 0.05) is 12.0 Å². The fourth-order valence-electron chi connectivity index (χ4n) is 6.30. The predicted molar refractivity (Wildman–Crippen MR) is 110 cm³/mol. The normalized spacial score (nSPS) is 32.7. The molecule has 144 valence electrons. The van der Waals surface area contributed by atoms with Crippen LogP contribution in [0.1, 0.15) is 52.4 Å². The SMILES string of the molecule is CCn1c(SC(C)C(=O)C23CC4CC(CC(C4)C2)C3)nnc1-c1cccs1. The van der Waals surface area contributed by atoms with Crippen molar-refractivity contribution in [3.63, 3.8) is 0 Å². The zero-order chi connectivity index (χ0) is 18.6. The van der Waals surface area contributed by atoms with E-state index in [-0.39, 0.29) is 10.7 Å². The van der Waals surface area contributed by atoms with E-state index in [0.717, 1.165) is 59.4 Å². The van der Waals surface area contributed by atoms with Crippen molar-refractivity contribution in [3.05, 3.63) is 17.5 Å². The molecule has 27 heavy (non-hydrogen) atoms. The number of thiophene rings is 1. The van der Waals surface area contributed by atoms with Crippen molar-refractivity contribution in [1.82, 2.24) is 14.8 Å². The number of carbonyl (C=O) groups is 1. The van der Waals surface area contributed by atoms with E-state index in [1.807, 2.05) is 6.07 Å². The Morgan fingerprint density at radius 1 is 1.26 bits per heavy atom. The van der Waals surface area contributed by atoms with E-state index in [1.165, 1.54) is 19.3 Å². The second kappa shape index (κ2) is 6.73. The van der Waals surface area contributed by atoms with Crippen molar-refractivity contribution >= 4 is 28.9 Å². The molecule has 2 aromatic rings. The van der Waals surface area contributed by atoms with E-state index in [2.05, 4.69) is 40.1 Å². The van der Waals surface area contributed by atoms with Crippen LogP contribution < -0.4 is 0 Å². The molecule has 2 aromatic heterocycles. The number of carbonyl (C=O) groups excluding carboxylic acids is 1. The molecule has 4 bridgehead atoms. The Hall–Kier alpha value is -1.14. The highest BCUT2D eigenvalue weighted by Crippen LogP contribution is 2.61. The number of rotatable bonds is 6. The fraction of sp³-hybridized carbons (Fsp3) is 0.667. The van der Waals surface area contributed by atoms with Crippen molar-refractivity contribution in [3.8, 4) is 10.7 Å². The molecule has 0 amide bonds. The third-order valence-electron chi connectivity index (χ3n) is 6.99. The molecule has 1 unspecified atom stereocenters. The van der Waals surface area contributed by atoms with Gasteiger partial charge >= 0.3 is 0 Å². The van der Waals surface area contributed by atoms with Gasteiger partial charge in [-0.15, -0.1) is 21.5 Å². The van der Waals surface area contributed by atoms with E-state index in [9.17, 15) is 4.79 Å². The summed E-state index contributed by atoms with van der Waals surface area (Å²) in [6.45, 7) is 5.03. The van der Waals surface area contributed by atoms with Gasteiger partial charge in [-0.3, -0.25) is 4.79 Å². The summed E-state index contributed by atoms with van der Waals surface area (Å²) >= 11 is 3.30. The smallest absolute Gasteiger partial charge is 0.192 e. The first kappa shape index (κ1) is 17.9. The summed E-state index contributed by atoms with van der Waals surface area (Å²) in [4.78, 5) is 14.7. The predicted octanol–water partition coefficient (Wildman–Crippen LogP) is 5.29. The molecule has 4 aliphatic rings. The van der Waals surface area contributed by atoms with E-state index in [1.54, 1.807) is 23.1 Å². The number of nitrogens with zero attached hydrogens (tertiary/aromatic N) is 3. The first-order valence-corrected chi connectivity index (χ1v) is 12.0. The van der Waals surface area contributed by atoms with Crippen molar-refractivity contribution in [2.75, 3.05) is 0 Å². The standard InChI is InChI=1S/C21H27N3OS2/c1-3-24-19(17-5-4-6-26-17)22-23-20(24)27-13(2)18(25)21-10-14-7-15(11-21)9-16(8-14)12-21/h4-6,13-16H,3,7-12H2,1-2H3. The Kier molecular flexibility index (Phi) is 4.47. The van der Waals surface area contributed by atoms with Crippen LogP contribution in [0.25, 0.3) is 10.7 Å². The van der Waals surface area contributed by atoms with Gasteiger partial charge in [0.1, 0.15) is 0 Å². The van der Waals surface area contributed by atoms with Crippen LogP contribution in [0.15, 0.2) is 22.7 Å². The molecule has 4 nitrogen and oxygen atoms in total. The van der Waals surface area contributed by atoms with Crippen molar-refractivity contribution < 1.29 is 4.79 Å². The molecule has 4 aliphatic carbocycles. The van der Waals surface area contributed by atoms with Gasteiger partial charge in [0.15, 0.2) is 16.8 Å². The van der Waals surface area contributed by atoms with Crippen molar-refractivity contribution in [2.24, 2.45) is 23.2 Å². The maximum atomic E-state index is 13.6. The van der Waals surface area contributed by atoms with Gasteiger partial charge in [0.05, 0.1) is 10.1 Å². The maximum Gasteiger partial charge on any atom is 0.192 e. The highest BCUT2D eigenvalue weighted by Gasteiger charge is 2.55. The lowest BCUT2D eigenvalue weighted by atomic mass is 9.48. The van der Waals surface area contributed by atoms with E-state index in [0.29, 0.717) is 5.78 Å². The number of Topliss-reactive ketones (excluding diaryl/α,β-unsaturated/α-hetero) is 1. The summed E-state index contributed by atoms with van der Waals surface area (Å²) in [7, 11) is 0. The average molecular weight is 402 g/mol. The molecule has 4 saturated carbocycles. The Labute approximate surface area is 169 Å². The van der Waals surface area contributed by atoms with Gasteiger partial charge in [-0.1, -0.05) is 17.8 Å². The third-order valence-corrected chi connectivity index (χ3v) is 8.93. The molecule has 0 radical (unpaired) electrons.